The molecular formula is C18H14ClNO. The molecule has 3 aromatic rings. The SMILES string of the molecule is Cc1c(-c2ccccc2)c2cc(Cl)cc3c2n1CCC3=O. The number of halogens is 1. The van der Waals surface area contributed by atoms with E-state index in [1.165, 1.54) is 16.8 Å². The van der Waals surface area contributed by atoms with Crippen LogP contribution in [0.3, 0.4) is 0 Å². The summed E-state index contributed by atoms with van der Waals surface area (Å²) in [4.78, 5) is 12.2. The molecule has 1 aliphatic rings. The van der Waals surface area contributed by atoms with Crippen LogP contribution in [0.1, 0.15) is 22.5 Å². The van der Waals surface area contributed by atoms with Gasteiger partial charge in [-0.25, -0.2) is 0 Å². The molecule has 0 saturated heterocycles. The van der Waals surface area contributed by atoms with E-state index in [4.69, 9.17) is 11.6 Å². The Morgan fingerprint density at radius 1 is 1.14 bits per heavy atom. The van der Waals surface area contributed by atoms with Crippen LogP contribution in [-0.4, -0.2) is 10.4 Å². The van der Waals surface area contributed by atoms with Crippen LogP contribution in [-0.2, 0) is 6.54 Å². The molecule has 0 aliphatic carbocycles. The van der Waals surface area contributed by atoms with Crippen LogP contribution in [0.5, 0.6) is 0 Å². The molecule has 0 amide bonds. The van der Waals surface area contributed by atoms with Gasteiger partial charge in [-0.2, -0.15) is 0 Å². The first-order chi connectivity index (χ1) is 10.2. The van der Waals surface area contributed by atoms with Gasteiger partial charge in [0.25, 0.3) is 0 Å². The van der Waals surface area contributed by atoms with Crippen LogP contribution >= 0.6 is 11.6 Å². The molecule has 0 N–H and O–H groups in total. The van der Waals surface area contributed by atoms with Gasteiger partial charge in [0.05, 0.1) is 5.52 Å². The van der Waals surface area contributed by atoms with Gasteiger partial charge < -0.3 is 4.57 Å². The average molecular weight is 296 g/mol. The Hall–Kier alpha value is -2.06. The Balaban J connectivity index is 2.17. The zero-order valence-corrected chi connectivity index (χ0v) is 12.4. The molecule has 1 aromatic heterocycles. The van der Waals surface area contributed by atoms with Crippen molar-refractivity contribution in [2.24, 2.45) is 0 Å². The predicted octanol–water partition coefficient (Wildman–Crippen LogP) is 4.86. The number of rotatable bonds is 1. The third kappa shape index (κ3) is 1.76. The predicted molar refractivity (Wildman–Crippen MR) is 86.1 cm³/mol. The van der Waals surface area contributed by atoms with E-state index in [9.17, 15) is 4.79 Å². The maximum absolute atomic E-state index is 12.2. The molecule has 2 nitrogen and oxygen atoms in total. The number of aryl methyl sites for hydroxylation is 1. The molecule has 0 unspecified atom stereocenters. The van der Waals surface area contributed by atoms with E-state index in [1.54, 1.807) is 6.07 Å². The van der Waals surface area contributed by atoms with Crippen molar-refractivity contribution in [3.8, 4) is 11.1 Å². The summed E-state index contributed by atoms with van der Waals surface area (Å²) in [6.45, 7) is 2.87. The van der Waals surface area contributed by atoms with Crippen LogP contribution in [0.15, 0.2) is 42.5 Å². The summed E-state index contributed by atoms with van der Waals surface area (Å²) < 4.78 is 2.25. The summed E-state index contributed by atoms with van der Waals surface area (Å²) in [5, 5.41) is 1.70. The molecule has 104 valence electrons. The van der Waals surface area contributed by atoms with Gasteiger partial charge in [0.1, 0.15) is 0 Å². The summed E-state index contributed by atoms with van der Waals surface area (Å²) in [6.07, 6.45) is 0.548. The van der Waals surface area contributed by atoms with Gasteiger partial charge in [-0.05, 0) is 24.6 Å². The minimum atomic E-state index is 0.187. The van der Waals surface area contributed by atoms with E-state index >= 15 is 0 Å². The maximum atomic E-state index is 12.2. The Morgan fingerprint density at radius 3 is 2.67 bits per heavy atom. The van der Waals surface area contributed by atoms with Crippen LogP contribution < -0.4 is 0 Å². The highest BCUT2D eigenvalue weighted by molar-refractivity contribution is 6.32. The van der Waals surface area contributed by atoms with Gasteiger partial charge >= 0.3 is 0 Å². The lowest BCUT2D eigenvalue weighted by atomic mass is 9.98. The van der Waals surface area contributed by atoms with Crippen LogP contribution in [0.2, 0.25) is 5.02 Å². The van der Waals surface area contributed by atoms with Gasteiger partial charge in [0.2, 0.25) is 0 Å². The molecule has 0 fully saturated rings. The quantitative estimate of drug-likeness (QED) is 0.628. The number of carbonyl (C=O) groups excluding carboxylic acids is 1. The fourth-order valence-corrected chi connectivity index (χ4v) is 3.61. The van der Waals surface area contributed by atoms with Gasteiger partial charge in [0, 0.05) is 40.2 Å². The van der Waals surface area contributed by atoms with Crippen molar-refractivity contribution in [3.05, 3.63) is 58.7 Å². The fraction of sp³-hybridized carbons (Fsp3) is 0.167. The van der Waals surface area contributed by atoms with Crippen molar-refractivity contribution in [2.75, 3.05) is 0 Å². The Morgan fingerprint density at radius 2 is 1.90 bits per heavy atom. The van der Waals surface area contributed by atoms with E-state index in [0.29, 0.717) is 11.4 Å². The van der Waals surface area contributed by atoms with E-state index in [-0.39, 0.29) is 5.78 Å². The monoisotopic (exact) mass is 295 g/mol. The van der Waals surface area contributed by atoms with Crippen molar-refractivity contribution in [2.45, 2.75) is 19.9 Å². The highest BCUT2D eigenvalue weighted by atomic mass is 35.5. The highest BCUT2D eigenvalue weighted by Gasteiger charge is 2.25. The van der Waals surface area contributed by atoms with Crippen LogP contribution in [0.25, 0.3) is 22.0 Å². The molecule has 0 radical (unpaired) electrons. The molecule has 1 aliphatic heterocycles. The molecule has 3 heteroatoms. The van der Waals surface area contributed by atoms with Crippen LogP contribution in [0, 0.1) is 6.92 Å². The summed E-state index contributed by atoms with van der Waals surface area (Å²) in [7, 11) is 0. The smallest absolute Gasteiger partial charge is 0.166 e. The van der Waals surface area contributed by atoms with Crippen molar-refractivity contribution < 1.29 is 4.79 Å². The standard InChI is InChI=1S/C18H14ClNO/c1-11-17(12-5-3-2-4-6-12)15-10-13(19)9-14-16(21)7-8-20(11)18(14)15/h2-6,9-10H,7-8H2,1H3. The molecule has 0 atom stereocenters. The molecule has 0 spiro atoms. The topological polar surface area (TPSA) is 22.0 Å². The molecule has 0 saturated carbocycles. The maximum Gasteiger partial charge on any atom is 0.166 e. The lowest BCUT2D eigenvalue weighted by molar-refractivity contribution is 0.0973. The van der Waals surface area contributed by atoms with E-state index in [2.05, 4.69) is 23.6 Å². The van der Waals surface area contributed by atoms with Crippen molar-refractivity contribution >= 4 is 28.3 Å². The van der Waals surface area contributed by atoms with E-state index < -0.39 is 0 Å². The summed E-state index contributed by atoms with van der Waals surface area (Å²) in [5.41, 5.74) is 5.35. The molecular weight excluding hydrogens is 282 g/mol. The lowest BCUT2D eigenvalue weighted by Gasteiger charge is -2.16. The number of hydrogen-bond acceptors (Lipinski definition) is 1. The van der Waals surface area contributed by atoms with Crippen molar-refractivity contribution in [1.29, 1.82) is 0 Å². The second-order valence-corrected chi connectivity index (χ2v) is 5.94. The zero-order chi connectivity index (χ0) is 14.6. The molecule has 2 heterocycles. The van der Waals surface area contributed by atoms with Gasteiger partial charge in [-0.15, -0.1) is 0 Å². The summed E-state index contributed by atoms with van der Waals surface area (Å²) in [6, 6.07) is 14.1. The largest absolute Gasteiger partial charge is 0.343 e. The van der Waals surface area contributed by atoms with E-state index in [0.717, 1.165) is 23.0 Å². The normalized spacial score (nSPS) is 13.9. The number of hydrogen-bond donors (Lipinski definition) is 0. The third-order valence-corrected chi connectivity index (χ3v) is 4.52. The fourth-order valence-electron chi connectivity index (χ4n) is 3.39. The van der Waals surface area contributed by atoms with Crippen molar-refractivity contribution in [1.82, 2.24) is 4.57 Å². The Kier molecular flexibility index (Phi) is 2.69. The summed E-state index contributed by atoms with van der Waals surface area (Å²) in [5.74, 6) is 0.187. The highest BCUT2D eigenvalue weighted by Crippen LogP contribution is 2.39. The lowest BCUT2D eigenvalue weighted by Crippen LogP contribution is -2.14. The number of Topliss-reactive ketones (excluding diaryl/α,β-unsaturated/α-hetero) is 1. The molecule has 2 aromatic carbocycles. The number of ketones is 1. The Bertz CT molecular complexity index is 877. The van der Waals surface area contributed by atoms with Crippen LogP contribution in [0.4, 0.5) is 0 Å². The number of carbonyl (C=O) groups is 1. The third-order valence-electron chi connectivity index (χ3n) is 4.31. The minimum absolute atomic E-state index is 0.187. The zero-order valence-electron chi connectivity index (χ0n) is 11.7. The summed E-state index contributed by atoms with van der Waals surface area (Å²) >= 11 is 6.25. The first-order valence-electron chi connectivity index (χ1n) is 7.08. The van der Waals surface area contributed by atoms with Gasteiger partial charge in [-0.1, -0.05) is 41.9 Å². The second-order valence-electron chi connectivity index (χ2n) is 5.50. The van der Waals surface area contributed by atoms with E-state index in [1.807, 2.05) is 24.3 Å². The second kappa shape index (κ2) is 4.47. The molecule has 21 heavy (non-hydrogen) atoms. The number of aromatic nitrogens is 1. The first-order valence-corrected chi connectivity index (χ1v) is 7.45. The van der Waals surface area contributed by atoms with Crippen molar-refractivity contribution in [3.63, 3.8) is 0 Å². The number of nitrogens with zero attached hydrogens (tertiary/aromatic N) is 1. The molecule has 4 rings (SSSR count). The van der Waals surface area contributed by atoms with Gasteiger partial charge in [0.15, 0.2) is 5.78 Å². The first kappa shape index (κ1) is 12.7. The average Bonchev–Trinajstić information content (AvgIpc) is 2.76. The molecule has 0 bridgehead atoms. The minimum Gasteiger partial charge on any atom is -0.343 e. The Labute approximate surface area is 128 Å². The van der Waals surface area contributed by atoms with Gasteiger partial charge in [-0.3, -0.25) is 4.79 Å². The number of benzene rings is 2.